The number of halogens is 4. The van der Waals surface area contributed by atoms with Crippen LogP contribution in [0.4, 0.5) is 17.6 Å². The standard InChI is InChI=1S/C16H11F4NO2/c17-12-4-3-11-9-21(15(22)14(11)7-12)8-10-1-5-13(6-2-10)23-16(18,19)20/h1-7H,8-9H2. The smallest absolute Gasteiger partial charge is 0.406 e. The molecule has 0 atom stereocenters. The van der Waals surface area contributed by atoms with E-state index in [0.29, 0.717) is 17.7 Å². The fourth-order valence-corrected chi connectivity index (χ4v) is 2.48. The highest BCUT2D eigenvalue weighted by Gasteiger charge is 2.31. The number of benzene rings is 2. The van der Waals surface area contributed by atoms with Gasteiger partial charge in [0.05, 0.1) is 0 Å². The number of alkyl halides is 3. The minimum absolute atomic E-state index is 0.224. The van der Waals surface area contributed by atoms with Gasteiger partial charge in [0.25, 0.3) is 5.91 Å². The molecule has 0 spiro atoms. The molecule has 0 bridgehead atoms. The molecule has 120 valence electrons. The van der Waals surface area contributed by atoms with Gasteiger partial charge in [-0.1, -0.05) is 18.2 Å². The van der Waals surface area contributed by atoms with Gasteiger partial charge in [0.15, 0.2) is 0 Å². The van der Waals surface area contributed by atoms with Gasteiger partial charge in [-0.15, -0.1) is 13.2 Å². The number of fused-ring (bicyclic) bond motifs is 1. The molecule has 3 nitrogen and oxygen atoms in total. The molecule has 7 heteroatoms. The fourth-order valence-electron chi connectivity index (χ4n) is 2.48. The molecule has 0 aliphatic carbocycles. The molecule has 0 saturated carbocycles. The normalized spacial score (nSPS) is 14.1. The number of nitrogens with zero attached hydrogens (tertiary/aromatic N) is 1. The zero-order chi connectivity index (χ0) is 16.6. The van der Waals surface area contributed by atoms with Crippen LogP contribution in [0.25, 0.3) is 0 Å². The molecule has 23 heavy (non-hydrogen) atoms. The Morgan fingerprint density at radius 3 is 2.43 bits per heavy atom. The van der Waals surface area contributed by atoms with Gasteiger partial charge in [0.2, 0.25) is 0 Å². The SMILES string of the molecule is O=C1c2cc(F)ccc2CN1Cc1ccc(OC(F)(F)F)cc1. The molecule has 0 N–H and O–H groups in total. The Hall–Kier alpha value is -2.57. The van der Waals surface area contributed by atoms with Crippen molar-refractivity contribution in [3.8, 4) is 5.75 Å². The first-order valence-corrected chi connectivity index (χ1v) is 6.74. The number of hydrogen-bond donors (Lipinski definition) is 0. The molecule has 0 unspecified atom stereocenters. The van der Waals surface area contributed by atoms with E-state index in [1.165, 1.54) is 41.3 Å². The van der Waals surface area contributed by atoms with E-state index >= 15 is 0 Å². The van der Waals surface area contributed by atoms with Crippen LogP contribution in [-0.4, -0.2) is 17.2 Å². The summed E-state index contributed by atoms with van der Waals surface area (Å²) in [5.41, 5.74) is 1.71. The molecule has 0 radical (unpaired) electrons. The van der Waals surface area contributed by atoms with Crippen LogP contribution in [-0.2, 0) is 13.1 Å². The van der Waals surface area contributed by atoms with Gasteiger partial charge < -0.3 is 9.64 Å². The molecular formula is C16H11F4NO2. The predicted octanol–water partition coefficient (Wildman–Crippen LogP) is 3.88. The third-order valence-electron chi connectivity index (χ3n) is 3.48. The van der Waals surface area contributed by atoms with E-state index < -0.39 is 12.2 Å². The van der Waals surface area contributed by atoms with Gasteiger partial charge in [0, 0.05) is 18.7 Å². The zero-order valence-corrected chi connectivity index (χ0v) is 11.7. The molecule has 3 rings (SSSR count). The van der Waals surface area contributed by atoms with E-state index in [1.54, 1.807) is 6.07 Å². The molecule has 1 aliphatic rings. The average molecular weight is 325 g/mol. The molecule has 1 amide bonds. The fraction of sp³-hybridized carbons (Fsp3) is 0.188. The van der Waals surface area contributed by atoms with Gasteiger partial charge in [-0.2, -0.15) is 0 Å². The second-order valence-corrected chi connectivity index (χ2v) is 5.15. The maximum atomic E-state index is 13.2. The van der Waals surface area contributed by atoms with E-state index in [4.69, 9.17) is 0 Å². The van der Waals surface area contributed by atoms with Crippen molar-refractivity contribution in [1.82, 2.24) is 4.90 Å². The number of carbonyl (C=O) groups excluding carboxylic acids is 1. The summed E-state index contributed by atoms with van der Waals surface area (Å²) in [5.74, 6) is -1.10. The summed E-state index contributed by atoms with van der Waals surface area (Å²) in [7, 11) is 0. The molecule has 1 aliphatic heterocycles. The minimum Gasteiger partial charge on any atom is -0.406 e. The van der Waals surface area contributed by atoms with Crippen LogP contribution >= 0.6 is 0 Å². The first kappa shape index (κ1) is 15.3. The topological polar surface area (TPSA) is 29.5 Å². The average Bonchev–Trinajstić information content (AvgIpc) is 2.76. The van der Waals surface area contributed by atoms with Gasteiger partial charge in [-0.25, -0.2) is 4.39 Å². The summed E-state index contributed by atoms with van der Waals surface area (Å²) in [6, 6.07) is 9.34. The van der Waals surface area contributed by atoms with Crippen molar-refractivity contribution in [1.29, 1.82) is 0 Å². The highest BCUT2D eigenvalue weighted by Crippen LogP contribution is 2.27. The van der Waals surface area contributed by atoms with Gasteiger partial charge in [-0.3, -0.25) is 4.79 Å². The number of hydrogen-bond acceptors (Lipinski definition) is 2. The van der Waals surface area contributed by atoms with Crippen molar-refractivity contribution in [2.24, 2.45) is 0 Å². The third-order valence-corrected chi connectivity index (χ3v) is 3.48. The highest BCUT2D eigenvalue weighted by atomic mass is 19.4. The van der Waals surface area contributed by atoms with E-state index in [9.17, 15) is 22.4 Å². The van der Waals surface area contributed by atoms with Gasteiger partial charge >= 0.3 is 6.36 Å². The summed E-state index contributed by atoms with van der Waals surface area (Å²) in [6.07, 6.45) is -4.74. The van der Waals surface area contributed by atoms with E-state index in [1.807, 2.05) is 0 Å². The number of amides is 1. The lowest BCUT2D eigenvalue weighted by molar-refractivity contribution is -0.274. The summed E-state index contributed by atoms with van der Waals surface area (Å²) in [6.45, 7) is 0.566. The van der Waals surface area contributed by atoms with Crippen LogP contribution in [0, 0.1) is 5.82 Å². The third kappa shape index (κ3) is 3.44. The summed E-state index contributed by atoms with van der Waals surface area (Å²) < 4.78 is 53.3. The molecule has 0 saturated heterocycles. The molecule has 2 aromatic rings. The quantitative estimate of drug-likeness (QED) is 0.802. The highest BCUT2D eigenvalue weighted by molar-refractivity contribution is 5.98. The van der Waals surface area contributed by atoms with Crippen molar-refractivity contribution in [3.05, 3.63) is 65.0 Å². The molecule has 1 heterocycles. The van der Waals surface area contributed by atoms with Crippen LogP contribution in [0.1, 0.15) is 21.5 Å². The van der Waals surface area contributed by atoms with Crippen molar-refractivity contribution >= 4 is 5.91 Å². The van der Waals surface area contributed by atoms with Crippen molar-refractivity contribution in [2.45, 2.75) is 19.5 Å². The first-order valence-electron chi connectivity index (χ1n) is 6.74. The van der Waals surface area contributed by atoms with Crippen LogP contribution in [0.2, 0.25) is 0 Å². The monoisotopic (exact) mass is 325 g/mol. The van der Waals surface area contributed by atoms with Crippen LogP contribution in [0.5, 0.6) is 5.75 Å². The van der Waals surface area contributed by atoms with Crippen LogP contribution in [0.15, 0.2) is 42.5 Å². The molecule has 0 aromatic heterocycles. The molecule has 0 fully saturated rings. The first-order chi connectivity index (χ1) is 10.8. The van der Waals surface area contributed by atoms with Crippen molar-refractivity contribution in [2.75, 3.05) is 0 Å². The maximum Gasteiger partial charge on any atom is 0.573 e. The summed E-state index contributed by atoms with van der Waals surface area (Å²) in [5, 5.41) is 0. The number of rotatable bonds is 3. The molecule has 2 aromatic carbocycles. The Morgan fingerprint density at radius 1 is 1.09 bits per heavy atom. The predicted molar refractivity (Wildman–Crippen MR) is 73.1 cm³/mol. The largest absolute Gasteiger partial charge is 0.573 e. The van der Waals surface area contributed by atoms with Gasteiger partial charge in [-0.05, 0) is 35.4 Å². The Morgan fingerprint density at radius 2 is 1.78 bits per heavy atom. The lowest BCUT2D eigenvalue weighted by Crippen LogP contribution is -2.23. The van der Waals surface area contributed by atoms with E-state index in [-0.39, 0.29) is 18.2 Å². The summed E-state index contributed by atoms with van der Waals surface area (Å²) >= 11 is 0. The Bertz CT molecular complexity index is 741. The maximum absolute atomic E-state index is 13.2. The van der Waals surface area contributed by atoms with Gasteiger partial charge in [0.1, 0.15) is 11.6 Å². The Balaban J connectivity index is 1.70. The zero-order valence-electron chi connectivity index (χ0n) is 11.7. The lowest BCUT2D eigenvalue weighted by atomic mass is 10.1. The number of carbonyl (C=O) groups is 1. The van der Waals surface area contributed by atoms with E-state index in [0.717, 1.165) is 5.56 Å². The van der Waals surface area contributed by atoms with Crippen molar-refractivity contribution < 1.29 is 27.1 Å². The number of ether oxygens (including phenoxy) is 1. The minimum atomic E-state index is -4.74. The van der Waals surface area contributed by atoms with Crippen molar-refractivity contribution in [3.63, 3.8) is 0 Å². The van der Waals surface area contributed by atoms with E-state index in [2.05, 4.69) is 4.74 Å². The molecular weight excluding hydrogens is 314 g/mol. The second-order valence-electron chi connectivity index (χ2n) is 5.15. The second kappa shape index (κ2) is 5.57. The van der Waals surface area contributed by atoms with Crippen LogP contribution in [0.3, 0.4) is 0 Å². The lowest BCUT2D eigenvalue weighted by Gasteiger charge is -2.16. The van der Waals surface area contributed by atoms with Crippen LogP contribution < -0.4 is 4.74 Å². The summed E-state index contributed by atoms with van der Waals surface area (Å²) in [4.78, 5) is 13.7. The Kier molecular flexibility index (Phi) is 3.71. The Labute approximate surface area is 129 Å².